The van der Waals surface area contributed by atoms with E-state index >= 15 is 0 Å². The number of carbonyl (C=O) groups excluding carboxylic acids is 2. The van der Waals surface area contributed by atoms with Crippen LogP contribution in [-0.2, 0) is 14.3 Å². The van der Waals surface area contributed by atoms with Crippen molar-refractivity contribution in [2.75, 3.05) is 13.2 Å². The number of unbranched alkanes of at least 4 members (excludes halogenated alkanes) is 12. The van der Waals surface area contributed by atoms with E-state index in [1.807, 2.05) is 0 Å². The summed E-state index contributed by atoms with van der Waals surface area (Å²) in [6.45, 7) is 6.58. The van der Waals surface area contributed by atoms with E-state index in [2.05, 4.69) is 18.8 Å². The monoisotopic (exact) mass is 437 g/mol. The Morgan fingerprint density at radius 3 is 1.84 bits per heavy atom. The minimum Gasteiger partial charge on any atom is -0.464 e. The number of rotatable bonds is 19. The Morgan fingerprint density at radius 1 is 0.806 bits per heavy atom. The standard InChI is InChI=1S/C26H47NO4/c1-3-5-7-8-9-10-11-12-13-14-15-16-19-23-30-24(28)26(20-17-18-21-26)27-25(29)31-22-6-4-2/h4H,2-3,5-23H2,1H3,(H,27,29). The molecule has 1 aliphatic carbocycles. The molecule has 0 atom stereocenters. The van der Waals surface area contributed by atoms with Crippen LogP contribution >= 0.6 is 0 Å². The largest absolute Gasteiger partial charge is 0.464 e. The van der Waals surface area contributed by atoms with Gasteiger partial charge in [-0.2, -0.15) is 0 Å². The molecule has 1 N–H and O–H groups in total. The third-order valence-corrected chi connectivity index (χ3v) is 6.23. The van der Waals surface area contributed by atoms with E-state index in [0.717, 1.165) is 25.7 Å². The highest BCUT2D eigenvalue weighted by Crippen LogP contribution is 2.31. The number of alkyl carbamates (subject to hydrolysis) is 1. The van der Waals surface area contributed by atoms with Crippen LogP contribution in [0.1, 0.15) is 122 Å². The first kappa shape index (κ1) is 27.5. The molecule has 1 aliphatic rings. The predicted molar refractivity (Wildman–Crippen MR) is 127 cm³/mol. The number of esters is 1. The molecule has 1 rings (SSSR count). The van der Waals surface area contributed by atoms with E-state index in [1.165, 1.54) is 70.6 Å². The van der Waals surface area contributed by atoms with Gasteiger partial charge in [0.05, 0.1) is 13.2 Å². The molecule has 0 aromatic heterocycles. The van der Waals surface area contributed by atoms with Crippen molar-refractivity contribution in [2.24, 2.45) is 0 Å². The minimum atomic E-state index is -0.901. The lowest BCUT2D eigenvalue weighted by atomic mass is 9.98. The molecular weight excluding hydrogens is 390 g/mol. The second-order valence-corrected chi connectivity index (χ2v) is 9.01. The normalized spacial score (nSPS) is 14.9. The van der Waals surface area contributed by atoms with Gasteiger partial charge in [0.1, 0.15) is 5.54 Å². The maximum Gasteiger partial charge on any atom is 0.408 e. The lowest BCUT2D eigenvalue weighted by molar-refractivity contribution is -0.151. The maximum atomic E-state index is 12.6. The first-order chi connectivity index (χ1) is 15.1. The fourth-order valence-corrected chi connectivity index (χ4v) is 4.25. The van der Waals surface area contributed by atoms with Gasteiger partial charge < -0.3 is 14.8 Å². The summed E-state index contributed by atoms with van der Waals surface area (Å²) in [5, 5.41) is 2.78. The van der Waals surface area contributed by atoms with Crippen molar-refractivity contribution in [1.82, 2.24) is 5.32 Å². The van der Waals surface area contributed by atoms with Crippen molar-refractivity contribution < 1.29 is 19.1 Å². The van der Waals surface area contributed by atoms with Crippen molar-refractivity contribution in [3.8, 4) is 0 Å². The smallest absolute Gasteiger partial charge is 0.408 e. The second-order valence-electron chi connectivity index (χ2n) is 9.01. The molecule has 5 heteroatoms. The molecular formula is C26H47NO4. The average molecular weight is 438 g/mol. The number of amides is 1. The van der Waals surface area contributed by atoms with E-state index in [-0.39, 0.29) is 12.6 Å². The molecule has 0 heterocycles. The van der Waals surface area contributed by atoms with Crippen LogP contribution in [0.5, 0.6) is 0 Å². The predicted octanol–water partition coefficient (Wildman–Crippen LogP) is 7.24. The molecule has 5 nitrogen and oxygen atoms in total. The van der Waals surface area contributed by atoms with Crippen LogP contribution in [0.2, 0.25) is 0 Å². The van der Waals surface area contributed by atoms with E-state index < -0.39 is 11.6 Å². The van der Waals surface area contributed by atoms with Gasteiger partial charge in [-0.3, -0.25) is 0 Å². The first-order valence-corrected chi connectivity index (χ1v) is 12.9. The molecule has 0 bridgehead atoms. The zero-order valence-electron chi connectivity index (χ0n) is 20.1. The quantitative estimate of drug-likeness (QED) is 0.131. The van der Waals surface area contributed by atoms with Crippen LogP contribution in [0.3, 0.4) is 0 Å². The van der Waals surface area contributed by atoms with Gasteiger partial charge in [-0.05, 0) is 25.7 Å². The zero-order valence-corrected chi connectivity index (χ0v) is 20.1. The molecule has 0 aromatic carbocycles. The fourth-order valence-electron chi connectivity index (χ4n) is 4.25. The highest BCUT2D eigenvalue weighted by atomic mass is 16.6. The zero-order chi connectivity index (χ0) is 22.6. The highest BCUT2D eigenvalue weighted by Gasteiger charge is 2.44. The highest BCUT2D eigenvalue weighted by molar-refractivity contribution is 5.86. The Labute approximate surface area is 190 Å². The van der Waals surface area contributed by atoms with Crippen molar-refractivity contribution >= 4 is 12.1 Å². The molecule has 180 valence electrons. The van der Waals surface area contributed by atoms with E-state index in [1.54, 1.807) is 6.08 Å². The van der Waals surface area contributed by atoms with Crippen LogP contribution in [0.15, 0.2) is 12.7 Å². The lowest BCUT2D eigenvalue weighted by Gasteiger charge is -2.27. The molecule has 0 unspecified atom stereocenters. The fraction of sp³-hybridized carbons (Fsp3) is 0.846. The van der Waals surface area contributed by atoms with Crippen LogP contribution < -0.4 is 5.32 Å². The molecule has 0 spiro atoms. The van der Waals surface area contributed by atoms with Crippen LogP contribution in [-0.4, -0.2) is 30.8 Å². The summed E-state index contributed by atoms with van der Waals surface area (Å²) in [6.07, 6.45) is 21.6. The number of ether oxygens (including phenoxy) is 2. The molecule has 31 heavy (non-hydrogen) atoms. The molecule has 1 saturated carbocycles. The molecule has 1 fully saturated rings. The van der Waals surface area contributed by atoms with Gasteiger partial charge in [-0.15, -0.1) is 6.58 Å². The van der Waals surface area contributed by atoms with Gasteiger partial charge in [-0.25, -0.2) is 9.59 Å². The van der Waals surface area contributed by atoms with Gasteiger partial charge in [0.15, 0.2) is 0 Å². The molecule has 0 aliphatic heterocycles. The van der Waals surface area contributed by atoms with E-state index in [9.17, 15) is 9.59 Å². The van der Waals surface area contributed by atoms with E-state index in [4.69, 9.17) is 9.47 Å². The Morgan fingerprint density at radius 2 is 1.32 bits per heavy atom. The second kappa shape index (κ2) is 18.1. The van der Waals surface area contributed by atoms with Crippen molar-refractivity contribution in [3.05, 3.63) is 12.7 Å². The van der Waals surface area contributed by atoms with Gasteiger partial charge in [0.25, 0.3) is 0 Å². The summed E-state index contributed by atoms with van der Waals surface area (Å²) in [4.78, 5) is 24.7. The van der Waals surface area contributed by atoms with Gasteiger partial charge >= 0.3 is 12.1 Å². The molecule has 0 radical (unpaired) electrons. The molecule has 1 amide bonds. The number of hydrogen-bond donors (Lipinski definition) is 1. The van der Waals surface area contributed by atoms with Gasteiger partial charge in [0, 0.05) is 0 Å². The molecule has 0 aromatic rings. The number of carbonyl (C=O) groups is 2. The Hall–Kier alpha value is -1.52. The van der Waals surface area contributed by atoms with Crippen LogP contribution in [0.25, 0.3) is 0 Å². The summed E-state index contributed by atoms with van der Waals surface area (Å²) >= 11 is 0. The summed E-state index contributed by atoms with van der Waals surface area (Å²) in [5.74, 6) is -0.301. The topological polar surface area (TPSA) is 64.6 Å². The summed E-state index contributed by atoms with van der Waals surface area (Å²) in [5.41, 5.74) is -0.901. The number of nitrogens with one attached hydrogen (secondary N) is 1. The lowest BCUT2D eigenvalue weighted by Crippen LogP contribution is -2.53. The summed E-state index contributed by atoms with van der Waals surface area (Å²) in [6, 6.07) is 0. The Balaban J connectivity index is 2.05. The summed E-state index contributed by atoms with van der Waals surface area (Å²) in [7, 11) is 0. The first-order valence-electron chi connectivity index (χ1n) is 12.9. The third-order valence-electron chi connectivity index (χ3n) is 6.23. The molecule has 0 saturated heterocycles. The SMILES string of the molecule is C=CCCOC(=O)NC1(C(=O)OCCCCCCCCCCCCCCC)CCCC1. The average Bonchev–Trinajstić information content (AvgIpc) is 3.23. The third kappa shape index (κ3) is 12.8. The van der Waals surface area contributed by atoms with Crippen LogP contribution in [0.4, 0.5) is 4.79 Å². The van der Waals surface area contributed by atoms with Crippen LogP contribution in [0, 0.1) is 0 Å². The number of hydrogen-bond acceptors (Lipinski definition) is 4. The Bertz CT molecular complexity index is 486. The maximum absolute atomic E-state index is 12.6. The van der Waals surface area contributed by atoms with E-state index in [0.29, 0.717) is 25.9 Å². The minimum absolute atomic E-state index is 0.277. The van der Waals surface area contributed by atoms with Crippen molar-refractivity contribution in [3.63, 3.8) is 0 Å². The van der Waals surface area contributed by atoms with Gasteiger partial charge in [0.2, 0.25) is 0 Å². The van der Waals surface area contributed by atoms with Crippen molar-refractivity contribution in [1.29, 1.82) is 0 Å². The Kier molecular flexibility index (Phi) is 16.1. The van der Waals surface area contributed by atoms with Crippen molar-refractivity contribution in [2.45, 2.75) is 128 Å². The van der Waals surface area contributed by atoms with Gasteiger partial charge in [-0.1, -0.05) is 103 Å². The summed E-state index contributed by atoms with van der Waals surface area (Å²) < 4.78 is 10.6.